The highest BCUT2D eigenvalue weighted by Crippen LogP contribution is 2.18. The Kier molecular flexibility index (Phi) is 3.72. The SMILES string of the molecule is CC[C@H](C(=O)O)N(C)c1cccc(C)c1. The second-order valence-corrected chi connectivity index (χ2v) is 3.71. The number of aryl methyl sites for hydroxylation is 1. The third-order valence-corrected chi connectivity index (χ3v) is 2.55. The molecule has 0 aliphatic carbocycles. The summed E-state index contributed by atoms with van der Waals surface area (Å²) in [5, 5.41) is 9.03. The van der Waals surface area contributed by atoms with Crippen LogP contribution in [0.2, 0.25) is 0 Å². The highest BCUT2D eigenvalue weighted by Gasteiger charge is 2.20. The van der Waals surface area contributed by atoms with Gasteiger partial charge in [-0.1, -0.05) is 19.1 Å². The normalized spacial score (nSPS) is 12.2. The Bertz CT molecular complexity index is 349. The van der Waals surface area contributed by atoms with Crippen molar-refractivity contribution in [3.8, 4) is 0 Å². The largest absolute Gasteiger partial charge is 0.480 e. The van der Waals surface area contributed by atoms with E-state index in [1.54, 1.807) is 4.90 Å². The number of hydrogen-bond donors (Lipinski definition) is 1. The van der Waals surface area contributed by atoms with Gasteiger partial charge in [0.25, 0.3) is 0 Å². The maximum atomic E-state index is 11.0. The molecular formula is C12H17NO2. The molecule has 1 aromatic rings. The van der Waals surface area contributed by atoms with Gasteiger partial charge >= 0.3 is 5.97 Å². The van der Waals surface area contributed by atoms with Gasteiger partial charge in [0.1, 0.15) is 6.04 Å². The first-order valence-electron chi connectivity index (χ1n) is 5.08. The molecule has 1 atom stereocenters. The number of rotatable bonds is 4. The summed E-state index contributed by atoms with van der Waals surface area (Å²) in [6.07, 6.45) is 0.597. The number of benzene rings is 1. The first-order chi connectivity index (χ1) is 7.06. The zero-order valence-corrected chi connectivity index (χ0v) is 9.40. The Hall–Kier alpha value is -1.51. The molecule has 0 unspecified atom stereocenters. The fraction of sp³-hybridized carbons (Fsp3) is 0.417. The third kappa shape index (κ3) is 2.72. The van der Waals surface area contributed by atoms with E-state index in [-0.39, 0.29) is 0 Å². The van der Waals surface area contributed by atoms with Gasteiger partial charge in [0.05, 0.1) is 0 Å². The zero-order valence-electron chi connectivity index (χ0n) is 9.40. The summed E-state index contributed by atoms with van der Waals surface area (Å²) in [5.41, 5.74) is 2.09. The highest BCUT2D eigenvalue weighted by atomic mass is 16.4. The molecule has 3 nitrogen and oxygen atoms in total. The van der Waals surface area contributed by atoms with Crippen LogP contribution in [0.5, 0.6) is 0 Å². The third-order valence-electron chi connectivity index (χ3n) is 2.55. The average Bonchev–Trinajstić information content (AvgIpc) is 2.18. The molecule has 1 rings (SSSR count). The van der Waals surface area contributed by atoms with Gasteiger partial charge in [0.2, 0.25) is 0 Å². The number of hydrogen-bond acceptors (Lipinski definition) is 2. The van der Waals surface area contributed by atoms with Crippen LogP contribution < -0.4 is 4.90 Å². The maximum Gasteiger partial charge on any atom is 0.326 e. The van der Waals surface area contributed by atoms with Crippen molar-refractivity contribution in [3.63, 3.8) is 0 Å². The summed E-state index contributed by atoms with van der Waals surface area (Å²) in [6, 6.07) is 7.41. The number of nitrogens with zero attached hydrogens (tertiary/aromatic N) is 1. The topological polar surface area (TPSA) is 40.5 Å². The van der Waals surface area contributed by atoms with E-state index >= 15 is 0 Å². The Morgan fingerprint density at radius 2 is 2.20 bits per heavy atom. The van der Waals surface area contributed by atoms with Gasteiger partial charge in [-0.25, -0.2) is 4.79 Å². The Labute approximate surface area is 90.3 Å². The van der Waals surface area contributed by atoms with Crippen molar-refractivity contribution >= 4 is 11.7 Å². The van der Waals surface area contributed by atoms with E-state index in [0.717, 1.165) is 11.3 Å². The molecule has 1 N–H and O–H groups in total. The molecule has 0 heterocycles. The second kappa shape index (κ2) is 4.82. The molecule has 1 aromatic carbocycles. The zero-order chi connectivity index (χ0) is 11.4. The van der Waals surface area contributed by atoms with Crippen molar-refractivity contribution in [2.75, 3.05) is 11.9 Å². The summed E-state index contributed by atoms with van der Waals surface area (Å²) in [7, 11) is 1.82. The molecule has 3 heteroatoms. The van der Waals surface area contributed by atoms with E-state index in [1.165, 1.54) is 0 Å². The fourth-order valence-corrected chi connectivity index (χ4v) is 1.64. The quantitative estimate of drug-likeness (QED) is 0.823. The van der Waals surface area contributed by atoms with Crippen molar-refractivity contribution in [2.24, 2.45) is 0 Å². The van der Waals surface area contributed by atoms with Crippen LogP contribution in [0.15, 0.2) is 24.3 Å². The lowest BCUT2D eigenvalue weighted by molar-refractivity contribution is -0.138. The molecule has 0 saturated heterocycles. The molecular weight excluding hydrogens is 190 g/mol. The molecule has 0 aromatic heterocycles. The van der Waals surface area contributed by atoms with Crippen molar-refractivity contribution in [1.82, 2.24) is 0 Å². The van der Waals surface area contributed by atoms with E-state index in [2.05, 4.69) is 0 Å². The molecule has 0 bridgehead atoms. The number of anilines is 1. The molecule has 0 radical (unpaired) electrons. The minimum atomic E-state index is -0.776. The van der Waals surface area contributed by atoms with Crippen LogP contribution >= 0.6 is 0 Å². The lowest BCUT2D eigenvalue weighted by Crippen LogP contribution is -2.37. The molecule has 0 aliphatic heterocycles. The summed E-state index contributed by atoms with van der Waals surface area (Å²) in [6.45, 7) is 3.88. The predicted octanol–water partition coefficient (Wildman–Crippen LogP) is 2.29. The van der Waals surface area contributed by atoms with Crippen molar-refractivity contribution in [3.05, 3.63) is 29.8 Å². The summed E-state index contributed by atoms with van der Waals surface area (Å²) in [4.78, 5) is 12.8. The Morgan fingerprint density at radius 1 is 1.53 bits per heavy atom. The minimum absolute atomic E-state index is 0.452. The summed E-state index contributed by atoms with van der Waals surface area (Å²) >= 11 is 0. The number of carbonyl (C=O) groups is 1. The van der Waals surface area contributed by atoms with Crippen molar-refractivity contribution < 1.29 is 9.90 Å². The lowest BCUT2D eigenvalue weighted by Gasteiger charge is -2.26. The fourth-order valence-electron chi connectivity index (χ4n) is 1.64. The number of carboxylic acid groups (broad SMARTS) is 1. The van der Waals surface area contributed by atoms with Crippen molar-refractivity contribution in [2.45, 2.75) is 26.3 Å². The van der Waals surface area contributed by atoms with Crippen LogP contribution in [-0.2, 0) is 4.79 Å². The average molecular weight is 207 g/mol. The van der Waals surface area contributed by atoms with Gasteiger partial charge in [-0.15, -0.1) is 0 Å². The van der Waals surface area contributed by atoms with Crippen LogP contribution in [0.25, 0.3) is 0 Å². The first-order valence-corrected chi connectivity index (χ1v) is 5.08. The van der Waals surface area contributed by atoms with Crippen LogP contribution in [0.1, 0.15) is 18.9 Å². The van der Waals surface area contributed by atoms with E-state index in [9.17, 15) is 4.79 Å². The number of carboxylic acids is 1. The second-order valence-electron chi connectivity index (χ2n) is 3.71. The molecule has 0 amide bonds. The van der Waals surface area contributed by atoms with Crippen LogP contribution in [-0.4, -0.2) is 24.2 Å². The van der Waals surface area contributed by atoms with E-state index < -0.39 is 12.0 Å². The van der Waals surface area contributed by atoms with Gasteiger partial charge in [-0.05, 0) is 31.0 Å². The monoisotopic (exact) mass is 207 g/mol. The maximum absolute atomic E-state index is 11.0. The predicted molar refractivity (Wildman–Crippen MR) is 61.3 cm³/mol. The molecule has 0 spiro atoms. The van der Waals surface area contributed by atoms with E-state index in [4.69, 9.17) is 5.11 Å². The standard InChI is InChI=1S/C12H17NO2/c1-4-11(12(14)15)13(3)10-7-5-6-9(2)8-10/h5-8,11H,4H2,1-3H3,(H,14,15)/t11-/m1/s1. The summed E-state index contributed by atoms with van der Waals surface area (Å²) < 4.78 is 0. The van der Waals surface area contributed by atoms with Gasteiger partial charge < -0.3 is 10.0 Å². The Morgan fingerprint density at radius 3 is 2.67 bits per heavy atom. The Balaban J connectivity index is 2.92. The van der Waals surface area contributed by atoms with Crippen LogP contribution in [0.4, 0.5) is 5.69 Å². The number of likely N-dealkylation sites (N-methyl/N-ethyl adjacent to an activating group) is 1. The first kappa shape index (κ1) is 11.6. The molecule has 0 fully saturated rings. The van der Waals surface area contributed by atoms with Crippen molar-refractivity contribution in [1.29, 1.82) is 0 Å². The van der Waals surface area contributed by atoms with Gasteiger partial charge in [0.15, 0.2) is 0 Å². The van der Waals surface area contributed by atoms with Gasteiger partial charge in [-0.3, -0.25) is 0 Å². The van der Waals surface area contributed by atoms with E-state index in [1.807, 2.05) is 45.2 Å². The van der Waals surface area contributed by atoms with Gasteiger partial charge in [0, 0.05) is 12.7 Å². The van der Waals surface area contributed by atoms with Gasteiger partial charge in [-0.2, -0.15) is 0 Å². The molecule has 0 saturated carbocycles. The lowest BCUT2D eigenvalue weighted by atomic mass is 10.1. The molecule has 15 heavy (non-hydrogen) atoms. The molecule has 0 aliphatic rings. The minimum Gasteiger partial charge on any atom is -0.480 e. The number of aliphatic carboxylic acids is 1. The smallest absolute Gasteiger partial charge is 0.326 e. The van der Waals surface area contributed by atoms with Crippen LogP contribution in [0.3, 0.4) is 0 Å². The highest BCUT2D eigenvalue weighted by molar-refractivity contribution is 5.78. The van der Waals surface area contributed by atoms with E-state index in [0.29, 0.717) is 6.42 Å². The van der Waals surface area contributed by atoms with Crippen LogP contribution in [0, 0.1) is 6.92 Å². The summed E-state index contributed by atoms with van der Waals surface area (Å²) in [5.74, 6) is -0.776. The molecule has 82 valence electrons.